The number of H-pyrrole nitrogens is 1. The number of rotatable bonds is 4. The van der Waals surface area contributed by atoms with Gasteiger partial charge in [0.1, 0.15) is 0 Å². The Morgan fingerprint density at radius 2 is 2.07 bits per heavy atom. The zero-order valence-corrected chi connectivity index (χ0v) is 15.6. The van der Waals surface area contributed by atoms with Gasteiger partial charge >= 0.3 is 5.69 Å². The summed E-state index contributed by atoms with van der Waals surface area (Å²) in [4.78, 5) is 36.2. The van der Waals surface area contributed by atoms with Gasteiger partial charge in [0.25, 0.3) is 11.4 Å². The van der Waals surface area contributed by atoms with Crippen molar-refractivity contribution in [1.29, 1.82) is 0 Å². The van der Waals surface area contributed by atoms with E-state index in [0.717, 1.165) is 25.0 Å². The van der Waals surface area contributed by atoms with Crippen molar-refractivity contribution in [2.75, 3.05) is 0 Å². The molecule has 1 aliphatic rings. The van der Waals surface area contributed by atoms with Gasteiger partial charge in [-0.3, -0.25) is 14.3 Å². The predicted molar refractivity (Wildman–Crippen MR) is 99.4 cm³/mol. The minimum Gasteiger partial charge on any atom is -0.334 e. The zero-order chi connectivity index (χ0) is 19.3. The molecule has 3 N–H and O–H groups in total. The second kappa shape index (κ2) is 6.12. The third-order valence-electron chi connectivity index (χ3n) is 5.22. The summed E-state index contributed by atoms with van der Waals surface area (Å²) in [5.74, 6) is 0.741. The SMILES string of the molecule is CCn1c(=O)[nH]c(=O)c2c(-c3nc(C4(N)CCC4)no3)cc(C(C)C)nc21. The van der Waals surface area contributed by atoms with E-state index in [9.17, 15) is 9.59 Å². The Morgan fingerprint density at radius 1 is 1.33 bits per heavy atom. The molecule has 3 aromatic rings. The van der Waals surface area contributed by atoms with Crippen LogP contribution in [0.5, 0.6) is 0 Å². The fraction of sp³-hybridized carbons (Fsp3) is 0.500. The Hall–Kier alpha value is -2.81. The van der Waals surface area contributed by atoms with E-state index in [1.807, 2.05) is 20.8 Å². The highest BCUT2D eigenvalue weighted by molar-refractivity contribution is 5.89. The minimum absolute atomic E-state index is 0.0859. The van der Waals surface area contributed by atoms with E-state index >= 15 is 0 Å². The maximum atomic E-state index is 12.6. The van der Waals surface area contributed by atoms with Gasteiger partial charge in [0.15, 0.2) is 11.5 Å². The Balaban J connectivity index is 2.02. The van der Waals surface area contributed by atoms with Crippen molar-refractivity contribution in [1.82, 2.24) is 24.7 Å². The van der Waals surface area contributed by atoms with Crippen molar-refractivity contribution in [2.45, 2.75) is 58.0 Å². The monoisotopic (exact) mass is 370 g/mol. The summed E-state index contributed by atoms with van der Waals surface area (Å²) in [6.07, 6.45) is 2.63. The molecule has 0 amide bonds. The summed E-state index contributed by atoms with van der Waals surface area (Å²) in [6, 6.07) is 1.77. The van der Waals surface area contributed by atoms with E-state index in [-0.39, 0.29) is 17.2 Å². The molecular formula is C18H22N6O3. The Bertz CT molecular complexity index is 1140. The summed E-state index contributed by atoms with van der Waals surface area (Å²) >= 11 is 0. The van der Waals surface area contributed by atoms with E-state index in [1.165, 1.54) is 4.57 Å². The number of pyridine rings is 1. The first-order valence-electron chi connectivity index (χ1n) is 9.15. The van der Waals surface area contributed by atoms with Crippen LogP contribution in [0, 0.1) is 0 Å². The van der Waals surface area contributed by atoms with E-state index < -0.39 is 16.8 Å². The van der Waals surface area contributed by atoms with Crippen LogP contribution in [0.2, 0.25) is 0 Å². The minimum atomic E-state index is -0.566. The van der Waals surface area contributed by atoms with Gasteiger partial charge in [0.2, 0.25) is 0 Å². The molecule has 0 radical (unpaired) electrons. The zero-order valence-electron chi connectivity index (χ0n) is 15.6. The van der Waals surface area contributed by atoms with Crippen LogP contribution in [-0.2, 0) is 12.1 Å². The summed E-state index contributed by atoms with van der Waals surface area (Å²) in [5.41, 5.74) is 6.23. The summed E-state index contributed by atoms with van der Waals surface area (Å²) in [7, 11) is 0. The van der Waals surface area contributed by atoms with Gasteiger partial charge in [-0.25, -0.2) is 9.78 Å². The summed E-state index contributed by atoms with van der Waals surface area (Å²) in [6.45, 7) is 6.17. The van der Waals surface area contributed by atoms with E-state index in [0.29, 0.717) is 23.6 Å². The molecule has 9 heteroatoms. The molecule has 1 saturated carbocycles. The highest BCUT2D eigenvalue weighted by Gasteiger charge is 2.39. The van der Waals surface area contributed by atoms with E-state index in [2.05, 4.69) is 20.1 Å². The lowest BCUT2D eigenvalue weighted by atomic mass is 9.77. The highest BCUT2D eigenvalue weighted by atomic mass is 16.5. The molecule has 0 aromatic carbocycles. The van der Waals surface area contributed by atoms with Crippen LogP contribution in [0.25, 0.3) is 22.5 Å². The fourth-order valence-electron chi connectivity index (χ4n) is 3.37. The first-order chi connectivity index (χ1) is 12.8. The van der Waals surface area contributed by atoms with Gasteiger partial charge in [-0.1, -0.05) is 19.0 Å². The maximum absolute atomic E-state index is 12.6. The molecular weight excluding hydrogens is 348 g/mol. The van der Waals surface area contributed by atoms with Gasteiger partial charge in [0.05, 0.1) is 16.5 Å². The average Bonchev–Trinajstić information content (AvgIpc) is 3.09. The van der Waals surface area contributed by atoms with Gasteiger partial charge in [-0.05, 0) is 38.2 Å². The fourth-order valence-corrected chi connectivity index (χ4v) is 3.37. The first-order valence-corrected chi connectivity index (χ1v) is 9.15. The van der Waals surface area contributed by atoms with Crippen LogP contribution in [0.4, 0.5) is 0 Å². The number of nitrogens with one attached hydrogen (secondary N) is 1. The van der Waals surface area contributed by atoms with Crippen molar-refractivity contribution < 1.29 is 4.52 Å². The Kier molecular flexibility index (Phi) is 3.99. The molecule has 3 heterocycles. The molecule has 0 saturated heterocycles. The number of aromatic nitrogens is 5. The molecule has 3 aromatic heterocycles. The van der Waals surface area contributed by atoms with Gasteiger partial charge in [0, 0.05) is 12.2 Å². The van der Waals surface area contributed by atoms with Crippen LogP contribution in [0.3, 0.4) is 0 Å². The number of fused-ring (bicyclic) bond motifs is 1. The number of aromatic amines is 1. The predicted octanol–water partition coefficient (Wildman–Crippen LogP) is 1.62. The molecule has 27 heavy (non-hydrogen) atoms. The summed E-state index contributed by atoms with van der Waals surface area (Å²) in [5, 5.41) is 4.31. The van der Waals surface area contributed by atoms with E-state index in [1.54, 1.807) is 6.07 Å². The summed E-state index contributed by atoms with van der Waals surface area (Å²) < 4.78 is 6.90. The third-order valence-corrected chi connectivity index (χ3v) is 5.22. The van der Waals surface area contributed by atoms with Crippen LogP contribution >= 0.6 is 0 Å². The van der Waals surface area contributed by atoms with E-state index in [4.69, 9.17) is 10.3 Å². The number of hydrogen-bond donors (Lipinski definition) is 2. The molecule has 0 atom stereocenters. The standard InChI is InChI=1S/C18H22N6O3/c1-4-24-13-12(14(25)21-17(24)26)10(8-11(20-13)9(2)3)15-22-16(23-27-15)18(19)6-5-7-18/h8-9H,4-7,19H2,1-3H3,(H,21,25,26). The van der Waals surface area contributed by atoms with Crippen molar-refractivity contribution in [2.24, 2.45) is 5.73 Å². The number of hydrogen-bond acceptors (Lipinski definition) is 7. The molecule has 1 aliphatic carbocycles. The first kappa shape index (κ1) is 17.6. The van der Waals surface area contributed by atoms with Crippen LogP contribution < -0.4 is 17.0 Å². The lowest BCUT2D eigenvalue weighted by Crippen LogP contribution is -2.44. The molecule has 1 fully saturated rings. The molecule has 0 bridgehead atoms. The molecule has 142 valence electrons. The third kappa shape index (κ3) is 2.69. The van der Waals surface area contributed by atoms with Crippen molar-refractivity contribution in [3.05, 3.63) is 38.4 Å². The molecule has 0 aliphatic heterocycles. The number of aryl methyl sites for hydroxylation is 1. The quantitative estimate of drug-likeness (QED) is 0.713. The highest BCUT2D eigenvalue weighted by Crippen LogP contribution is 2.38. The van der Waals surface area contributed by atoms with Crippen LogP contribution in [0.15, 0.2) is 20.2 Å². The Labute approximate surface area is 154 Å². The number of nitrogens with zero attached hydrogens (tertiary/aromatic N) is 4. The van der Waals surface area contributed by atoms with Crippen LogP contribution in [-0.4, -0.2) is 24.7 Å². The van der Waals surface area contributed by atoms with Crippen molar-refractivity contribution >= 4 is 11.0 Å². The normalized spacial score (nSPS) is 16.0. The molecule has 4 rings (SSSR count). The second-order valence-electron chi connectivity index (χ2n) is 7.38. The van der Waals surface area contributed by atoms with Gasteiger partial charge < -0.3 is 10.3 Å². The number of nitrogens with two attached hydrogens (primary N) is 1. The maximum Gasteiger partial charge on any atom is 0.329 e. The Morgan fingerprint density at radius 3 is 2.67 bits per heavy atom. The molecule has 0 spiro atoms. The van der Waals surface area contributed by atoms with Gasteiger partial charge in [-0.15, -0.1) is 0 Å². The van der Waals surface area contributed by atoms with Gasteiger partial charge in [-0.2, -0.15) is 4.98 Å². The lowest BCUT2D eigenvalue weighted by molar-refractivity contribution is 0.229. The van der Waals surface area contributed by atoms with Crippen molar-refractivity contribution in [3.8, 4) is 11.5 Å². The smallest absolute Gasteiger partial charge is 0.329 e. The van der Waals surface area contributed by atoms with Crippen molar-refractivity contribution in [3.63, 3.8) is 0 Å². The topological polar surface area (TPSA) is 133 Å². The largest absolute Gasteiger partial charge is 0.334 e. The lowest BCUT2D eigenvalue weighted by Gasteiger charge is -2.34. The molecule has 9 nitrogen and oxygen atoms in total. The molecule has 0 unspecified atom stereocenters. The van der Waals surface area contributed by atoms with Crippen LogP contribution in [0.1, 0.15) is 57.5 Å². The average molecular weight is 370 g/mol. The second-order valence-corrected chi connectivity index (χ2v) is 7.38.